The fraction of sp³-hybridized carbons (Fsp3) is 0.0588. The zero-order valence-electron chi connectivity index (χ0n) is 13.2. The van der Waals surface area contributed by atoms with Gasteiger partial charge in [0.05, 0.1) is 21.3 Å². The lowest BCUT2D eigenvalue weighted by Gasteiger charge is -2.01. The second kappa shape index (κ2) is 5.99. The molecule has 2 aromatic heterocycles. The number of thiazole rings is 1. The number of para-hydroxylation sites is 2. The normalized spacial score (nSPS) is 10.9. The summed E-state index contributed by atoms with van der Waals surface area (Å²) in [5.74, 6) is -0.0492. The molecule has 25 heavy (non-hydrogen) atoms. The predicted octanol–water partition coefficient (Wildman–Crippen LogP) is 3.38. The highest BCUT2D eigenvalue weighted by atomic mass is 32.1. The number of H-pyrrole nitrogens is 1. The molecule has 2 amide bonds. The van der Waals surface area contributed by atoms with Gasteiger partial charge in [-0.3, -0.25) is 14.9 Å². The van der Waals surface area contributed by atoms with Crippen molar-refractivity contribution in [3.8, 4) is 0 Å². The van der Waals surface area contributed by atoms with Gasteiger partial charge in [0.2, 0.25) is 11.9 Å². The number of fused-ring (bicyclic) bond motifs is 2. The molecule has 8 heteroatoms. The Bertz CT molecular complexity index is 1080. The summed E-state index contributed by atoms with van der Waals surface area (Å²) in [5.41, 5.74) is 2.87. The van der Waals surface area contributed by atoms with Crippen molar-refractivity contribution in [2.45, 2.75) is 6.92 Å². The van der Waals surface area contributed by atoms with Gasteiger partial charge in [-0.15, -0.1) is 0 Å². The highest BCUT2D eigenvalue weighted by molar-refractivity contribution is 7.22. The van der Waals surface area contributed by atoms with E-state index in [0.717, 1.165) is 21.3 Å². The maximum atomic E-state index is 12.5. The summed E-state index contributed by atoms with van der Waals surface area (Å²) in [6.07, 6.45) is 0. The first-order valence-corrected chi connectivity index (χ1v) is 8.34. The summed E-state index contributed by atoms with van der Waals surface area (Å²) in [5, 5.41) is 5.92. The molecule has 7 nitrogen and oxygen atoms in total. The van der Waals surface area contributed by atoms with Crippen molar-refractivity contribution in [1.82, 2.24) is 15.0 Å². The van der Waals surface area contributed by atoms with Crippen molar-refractivity contribution in [2.24, 2.45) is 0 Å². The molecule has 0 saturated carbocycles. The standard InChI is InChI=1S/C17H13N5O2S/c1-9(23)18-17-21-13-7-6-10(8-14(13)25-17)15(24)22-16-19-11-4-2-3-5-12(11)20-16/h2-8H,1H3,(H,18,21,23)(H2,19,20,22,24). The Labute approximate surface area is 146 Å². The van der Waals surface area contributed by atoms with Gasteiger partial charge in [0, 0.05) is 12.5 Å². The molecule has 4 rings (SSSR count). The summed E-state index contributed by atoms with van der Waals surface area (Å²) in [7, 11) is 0. The van der Waals surface area contributed by atoms with Crippen LogP contribution in [0, 0.1) is 0 Å². The summed E-state index contributed by atoms with van der Waals surface area (Å²) in [6, 6.07) is 12.7. The minimum Gasteiger partial charge on any atom is -0.324 e. The molecular weight excluding hydrogens is 338 g/mol. The van der Waals surface area contributed by atoms with Gasteiger partial charge in [0.1, 0.15) is 0 Å². The molecule has 0 saturated heterocycles. The summed E-state index contributed by atoms with van der Waals surface area (Å²) in [6.45, 7) is 1.43. The second-order valence-corrected chi connectivity index (χ2v) is 6.47. The summed E-state index contributed by atoms with van der Waals surface area (Å²) >= 11 is 1.32. The van der Waals surface area contributed by atoms with Crippen LogP contribution < -0.4 is 10.6 Å². The molecular formula is C17H13N5O2S. The number of hydrogen-bond acceptors (Lipinski definition) is 5. The smallest absolute Gasteiger partial charge is 0.258 e. The van der Waals surface area contributed by atoms with Crippen LogP contribution >= 0.6 is 11.3 Å². The van der Waals surface area contributed by atoms with Crippen LogP contribution in [0.3, 0.4) is 0 Å². The highest BCUT2D eigenvalue weighted by Crippen LogP contribution is 2.27. The van der Waals surface area contributed by atoms with Gasteiger partial charge in [0.25, 0.3) is 5.91 Å². The first kappa shape index (κ1) is 15.3. The van der Waals surface area contributed by atoms with E-state index in [2.05, 4.69) is 25.6 Å². The van der Waals surface area contributed by atoms with Crippen LogP contribution in [-0.4, -0.2) is 26.8 Å². The molecule has 0 bridgehead atoms. The molecule has 124 valence electrons. The number of nitrogens with zero attached hydrogens (tertiary/aromatic N) is 2. The summed E-state index contributed by atoms with van der Waals surface area (Å²) in [4.78, 5) is 35.3. The van der Waals surface area contributed by atoms with Crippen molar-refractivity contribution >= 4 is 55.5 Å². The number of carbonyl (C=O) groups is 2. The molecule has 0 aliphatic carbocycles. The van der Waals surface area contributed by atoms with E-state index < -0.39 is 0 Å². The highest BCUT2D eigenvalue weighted by Gasteiger charge is 2.12. The van der Waals surface area contributed by atoms with Crippen LogP contribution in [0.25, 0.3) is 21.3 Å². The second-order valence-electron chi connectivity index (χ2n) is 5.44. The number of rotatable bonds is 3. The van der Waals surface area contributed by atoms with E-state index in [1.807, 2.05) is 24.3 Å². The monoisotopic (exact) mass is 351 g/mol. The third-order valence-corrected chi connectivity index (χ3v) is 4.49. The third-order valence-electron chi connectivity index (χ3n) is 3.55. The van der Waals surface area contributed by atoms with Gasteiger partial charge in [-0.2, -0.15) is 0 Å². The van der Waals surface area contributed by atoms with Gasteiger partial charge in [-0.25, -0.2) is 9.97 Å². The molecule has 0 unspecified atom stereocenters. The zero-order chi connectivity index (χ0) is 17.4. The molecule has 0 atom stereocenters. The molecule has 2 aromatic carbocycles. The average Bonchev–Trinajstić information content (AvgIpc) is 3.15. The van der Waals surface area contributed by atoms with E-state index in [1.165, 1.54) is 18.3 Å². The molecule has 0 spiro atoms. The quantitative estimate of drug-likeness (QED) is 0.527. The molecule has 0 aliphatic heterocycles. The van der Waals surface area contributed by atoms with Crippen LogP contribution in [0.2, 0.25) is 0 Å². The molecule has 2 heterocycles. The Hall–Kier alpha value is -3.26. The number of amides is 2. The van der Waals surface area contributed by atoms with E-state index in [4.69, 9.17) is 0 Å². The minimum atomic E-state index is -0.268. The van der Waals surface area contributed by atoms with Crippen LogP contribution in [0.5, 0.6) is 0 Å². The van der Waals surface area contributed by atoms with Gasteiger partial charge < -0.3 is 10.3 Å². The Kier molecular flexibility index (Phi) is 3.66. The number of benzene rings is 2. The fourth-order valence-corrected chi connectivity index (χ4v) is 3.41. The van der Waals surface area contributed by atoms with Crippen molar-refractivity contribution in [1.29, 1.82) is 0 Å². The number of imidazole rings is 1. The molecule has 0 aliphatic rings. The fourth-order valence-electron chi connectivity index (χ4n) is 2.46. The van der Waals surface area contributed by atoms with Crippen molar-refractivity contribution < 1.29 is 9.59 Å². The van der Waals surface area contributed by atoms with E-state index in [-0.39, 0.29) is 11.8 Å². The van der Waals surface area contributed by atoms with Crippen molar-refractivity contribution in [2.75, 3.05) is 10.6 Å². The van der Waals surface area contributed by atoms with E-state index >= 15 is 0 Å². The lowest BCUT2D eigenvalue weighted by atomic mass is 10.2. The molecule has 0 radical (unpaired) electrons. The minimum absolute atomic E-state index is 0.179. The first-order chi connectivity index (χ1) is 12.1. The van der Waals surface area contributed by atoms with Crippen LogP contribution in [-0.2, 0) is 4.79 Å². The van der Waals surface area contributed by atoms with Gasteiger partial charge in [-0.05, 0) is 30.3 Å². The van der Waals surface area contributed by atoms with Gasteiger partial charge in [-0.1, -0.05) is 23.5 Å². The molecule has 3 N–H and O–H groups in total. The number of aromatic nitrogens is 3. The average molecular weight is 351 g/mol. The predicted molar refractivity (Wildman–Crippen MR) is 98.0 cm³/mol. The Balaban J connectivity index is 1.59. The number of carbonyl (C=O) groups excluding carboxylic acids is 2. The Morgan fingerprint density at radius 1 is 1.04 bits per heavy atom. The van der Waals surface area contributed by atoms with E-state index in [9.17, 15) is 9.59 Å². The number of hydrogen-bond donors (Lipinski definition) is 3. The van der Waals surface area contributed by atoms with E-state index in [1.54, 1.807) is 18.2 Å². The zero-order valence-corrected chi connectivity index (χ0v) is 14.0. The molecule has 0 fully saturated rings. The van der Waals surface area contributed by atoms with Gasteiger partial charge >= 0.3 is 0 Å². The van der Waals surface area contributed by atoms with Crippen molar-refractivity contribution in [3.05, 3.63) is 48.0 Å². The lowest BCUT2D eigenvalue weighted by Crippen LogP contribution is -2.12. The molecule has 4 aromatic rings. The largest absolute Gasteiger partial charge is 0.324 e. The maximum absolute atomic E-state index is 12.5. The third kappa shape index (κ3) is 3.07. The van der Waals surface area contributed by atoms with Crippen LogP contribution in [0.1, 0.15) is 17.3 Å². The maximum Gasteiger partial charge on any atom is 0.258 e. The van der Waals surface area contributed by atoms with Crippen LogP contribution in [0.4, 0.5) is 11.1 Å². The summed E-state index contributed by atoms with van der Waals surface area (Å²) < 4.78 is 0.820. The topological polar surface area (TPSA) is 99.8 Å². The number of aromatic amines is 1. The van der Waals surface area contributed by atoms with E-state index in [0.29, 0.717) is 16.6 Å². The number of nitrogens with one attached hydrogen (secondary N) is 3. The Morgan fingerprint density at radius 3 is 2.68 bits per heavy atom. The van der Waals surface area contributed by atoms with Crippen LogP contribution in [0.15, 0.2) is 42.5 Å². The first-order valence-electron chi connectivity index (χ1n) is 7.53. The Morgan fingerprint density at radius 2 is 1.88 bits per heavy atom. The SMILES string of the molecule is CC(=O)Nc1nc2ccc(C(=O)Nc3nc4ccccc4[nH]3)cc2s1. The van der Waals surface area contributed by atoms with Crippen molar-refractivity contribution in [3.63, 3.8) is 0 Å². The van der Waals surface area contributed by atoms with Gasteiger partial charge in [0.15, 0.2) is 5.13 Å². The number of anilines is 2. The lowest BCUT2D eigenvalue weighted by molar-refractivity contribution is -0.114.